The first-order chi connectivity index (χ1) is 9.88. The average molecular weight is 292 g/mol. The molecule has 1 aromatic rings. The van der Waals surface area contributed by atoms with E-state index in [1.165, 1.54) is 5.56 Å². The van der Waals surface area contributed by atoms with Gasteiger partial charge in [-0.3, -0.25) is 4.79 Å². The lowest BCUT2D eigenvalue weighted by Crippen LogP contribution is -2.29. The second-order valence-electron chi connectivity index (χ2n) is 5.52. The lowest BCUT2D eigenvalue weighted by Gasteiger charge is -2.09. The van der Waals surface area contributed by atoms with Crippen molar-refractivity contribution in [2.75, 3.05) is 18.5 Å². The van der Waals surface area contributed by atoms with Crippen LogP contribution in [0.1, 0.15) is 31.4 Å². The van der Waals surface area contributed by atoms with Crippen molar-refractivity contribution in [3.8, 4) is 0 Å². The summed E-state index contributed by atoms with van der Waals surface area (Å²) in [5.74, 6) is 0.159. The van der Waals surface area contributed by atoms with Crippen LogP contribution in [0.4, 0.5) is 10.5 Å². The number of benzene rings is 1. The molecule has 0 radical (unpaired) electrons. The van der Waals surface area contributed by atoms with Gasteiger partial charge in [0, 0.05) is 18.7 Å². The van der Waals surface area contributed by atoms with Gasteiger partial charge in [-0.2, -0.15) is 0 Å². The van der Waals surface area contributed by atoms with E-state index < -0.39 is 6.09 Å². The summed E-state index contributed by atoms with van der Waals surface area (Å²) < 4.78 is 4.95. The Morgan fingerprint density at radius 3 is 2.52 bits per heavy atom. The zero-order valence-electron chi connectivity index (χ0n) is 13.2. The Labute approximate surface area is 126 Å². The number of ether oxygens (including phenoxy) is 1. The van der Waals surface area contributed by atoms with E-state index >= 15 is 0 Å². The fraction of sp³-hybridized carbons (Fsp3) is 0.500. The highest BCUT2D eigenvalue weighted by molar-refractivity contribution is 5.91. The number of alkyl carbamates (subject to hydrolysis) is 1. The first kappa shape index (κ1) is 17.0. The molecule has 0 aliphatic carbocycles. The Hall–Kier alpha value is -2.04. The van der Waals surface area contributed by atoms with Gasteiger partial charge < -0.3 is 15.4 Å². The number of carbonyl (C=O) groups excluding carboxylic acids is 2. The minimum absolute atomic E-state index is 0.137. The smallest absolute Gasteiger partial charge is 0.407 e. The Morgan fingerprint density at radius 2 is 1.90 bits per heavy atom. The number of rotatable bonds is 6. The van der Waals surface area contributed by atoms with Gasteiger partial charge >= 0.3 is 6.09 Å². The highest BCUT2D eigenvalue weighted by Gasteiger charge is 2.06. The molecule has 2 amide bonds. The van der Waals surface area contributed by atoms with Crippen LogP contribution in [0.3, 0.4) is 0 Å². The van der Waals surface area contributed by atoms with E-state index in [0.29, 0.717) is 12.5 Å². The average Bonchev–Trinajstić information content (AvgIpc) is 2.40. The molecule has 0 aliphatic heterocycles. The van der Waals surface area contributed by atoms with E-state index in [9.17, 15) is 9.59 Å². The van der Waals surface area contributed by atoms with Gasteiger partial charge in [0.05, 0.1) is 6.61 Å². The normalized spacial score (nSPS) is 10.3. The van der Waals surface area contributed by atoms with Gasteiger partial charge in [-0.25, -0.2) is 4.79 Å². The summed E-state index contributed by atoms with van der Waals surface area (Å²) in [6.45, 7) is 8.58. The maximum Gasteiger partial charge on any atom is 0.407 e. The van der Waals surface area contributed by atoms with Crippen molar-refractivity contribution in [1.82, 2.24) is 5.32 Å². The van der Waals surface area contributed by atoms with E-state index in [4.69, 9.17) is 4.74 Å². The lowest BCUT2D eigenvalue weighted by atomic mass is 10.1. The maximum atomic E-state index is 11.8. The third-order valence-corrected chi connectivity index (χ3v) is 2.96. The minimum Gasteiger partial charge on any atom is -0.449 e. The molecule has 21 heavy (non-hydrogen) atoms. The van der Waals surface area contributed by atoms with E-state index in [2.05, 4.69) is 10.6 Å². The van der Waals surface area contributed by atoms with Crippen molar-refractivity contribution in [2.45, 2.75) is 34.1 Å². The molecular formula is C16H24N2O3. The molecule has 0 saturated carbocycles. The first-order valence-electron chi connectivity index (χ1n) is 7.16. The van der Waals surface area contributed by atoms with E-state index in [1.807, 2.05) is 45.9 Å². The zero-order valence-corrected chi connectivity index (χ0v) is 13.2. The SMILES string of the molecule is Cc1ccc(NC(=O)CCNC(=O)OCC(C)C)cc1C. The number of carbonyl (C=O) groups is 2. The third kappa shape index (κ3) is 6.79. The van der Waals surface area contributed by atoms with Crippen LogP contribution in [-0.2, 0) is 9.53 Å². The third-order valence-electron chi connectivity index (χ3n) is 2.96. The predicted octanol–water partition coefficient (Wildman–Crippen LogP) is 3.01. The van der Waals surface area contributed by atoms with Crippen molar-refractivity contribution in [2.24, 2.45) is 5.92 Å². The molecule has 1 rings (SSSR count). The van der Waals surface area contributed by atoms with Crippen LogP contribution in [0.25, 0.3) is 0 Å². The van der Waals surface area contributed by atoms with E-state index in [-0.39, 0.29) is 18.9 Å². The van der Waals surface area contributed by atoms with Crippen molar-refractivity contribution >= 4 is 17.7 Å². The molecule has 0 saturated heterocycles. The van der Waals surface area contributed by atoms with Crippen molar-refractivity contribution in [3.05, 3.63) is 29.3 Å². The maximum absolute atomic E-state index is 11.8. The topological polar surface area (TPSA) is 67.4 Å². The number of aryl methyl sites for hydroxylation is 2. The molecular weight excluding hydrogens is 268 g/mol. The van der Waals surface area contributed by atoms with Crippen LogP contribution in [-0.4, -0.2) is 25.2 Å². The molecule has 0 spiro atoms. The molecule has 5 heteroatoms. The molecule has 0 atom stereocenters. The summed E-state index contributed by atoms with van der Waals surface area (Å²) in [4.78, 5) is 23.1. The van der Waals surface area contributed by atoms with Gasteiger partial charge in [0.2, 0.25) is 5.91 Å². The number of amides is 2. The van der Waals surface area contributed by atoms with Gasteiger partial charge in [-0.1, -0.05) is 19.9 Å². The molecule has 0 heterocycles. The predicted molar refractivity (Wildman–Crippen MR) is 83.4 cm³/mol. The summed E-state index contributed by atoms with van der Waals surface area (Å²) in [5.41, 5.74) is 3.08. The molecule has 0 fully saturated rings. The first-order valence-corrected chi connectivity index (χ1v) is 7.16. The number of hydrogen-bond donors (Lipinski definition) is 2. The van der Waals surface area contributed by atoms with Gasteiger partial charge in [0.25, 0.3) is 0 Å². The second-order valence-corrected chi connectivity index (χ2v) is 5.52. The van der Waals surface area contributed by atoms with Crippen LogP contribution in [0.5, 0.6) is 0 Å². The molecule has 0 aliphatic rings. The minimum atomic E-state index is -0.484. The summed E-state index contributed by atoms with van der Waals surface area (Å²) in [5, 5.41) is 5.36. The summed E-state index contributed by atoms with van der Waals surface area (Å²) in [6.07, 6.45) is -0.272. The van der Waals surface area contributed by atoms with Gasteiger partial charge in [-0.15, -0.1) is 0 Å². The number of anilines is 1. The monoisotopic (exact) mass is 292 g/mol. The van der Waals surface area contributed by atoms with Crippen LogP contribution >= 0.6 is 0 Å². The lowest BCUT2D eigenvalue weighted by molar-refractivity contribution is -0.116. The standard InChI is InChI=1S/C16H24N2O3/c1-11(2)10-21-16(20)17-8-7-15(19)18-14-6-5-12(3)13(4)9-14/h5-6,9,11H,7-8,10H2,1-4H3,(H,17,20)(H,18,19). The fourth-order valence-electron chi connectivity index (χ4n) is 1.61. The van der Waals surface area contributed by atoms with Crippen LogP contribution in [0, 0.1) is 19.8 Å². The highest BCUT2D eigenvalue weighted by atomic mass is 16.5. The molecule has 0 unspecified atom stereocenters. The molecule has 5 nitrogen and oxygen atoms in total. The zero-order chi connectivity index (χ0) is 15.8. The number of hydrogen-bond acceptors (Lipinski definition) is 3. The summed E-state index contributed by atoms with van der Waals surface area (Å²) in [7, 11) is 0. The van der Waals surface area contributed by atoms with Crippen molar-refractivity contribution in [1.29, 1.82) is 0 Å². The molecule has 0 aromatic heterocycles. The van der Waals surface area contributed by atoms with Crippen LogP contribution in [0.2, 0.25) is 0 Å². The Morgan fingerprint density at radius 1 is 1.19 bits per heavy atom. The van der Waals surface area contributed by atoms with Gasteiger partial charge in [-0.05, 0) is 43.0 Å². The van der Waals surface area contributed by atoms with Crippen molar-refractivity contribution in [3.63, 3.8) is 0 Å². The quantitative estimate of drug-likeness (QED) is 0.847. The Balaban J connectivity index is 2.28. The molecule has 2 N–H and O–H groups in total. The van der Waals surface area contributed by atoms with Crippen molar-refractivity contribution < 1.29 is 14.3 Å². The van der Waals surface area contributed by atoms with E-state index in [1.54, 1.807) is 0 Å². The highest BCUT2D eigenvalue weighted by Crippen LogP contribution is 2.14. The van der Waals surface area contributed by atoms with E-state index in [0.717, 1.165) is 11.3 Å². The molecule has 0 bridgehead atoms. The number of nitrogens with one attached hydrogen (secondary N) is 2. The Bertz CT molecular complexity index is 498. The Kier molecular flexibility index (Phi) is 6.72. The molecule has 116 valence electrons. The summed E-state index contributed by atoms with van der Waals surface area (Å²) >= 11 is 0. The van der Waals surface area contributed by atoms with Crippen LogP contribution in [0.15, 0.2) is 18.2 Å². The fourth-order valence-corrected chi connectivity index (χ4v) is 1.61. The van der Waals surface area contributed by atoms with Crippen LogP contribution < -0.4 is 10.6 Å². The van der Waals surface area contributed by atoms with Gasteiger partial charge in [0.1, 0.15) is 0 Å². The molecule has 1 aromatic carbocycles. The van der Waals surface area contributed by atoms with Gasteiger partial charge in [0.15, 0.2) is 0 Å². The second kappa shape index (κ2) is 8.29. The summed E-state index contributed by atoms with van der Waals surface area (Å²) in [6, 6.07) is 5.76. The largest absolute Gasteiger partial charge is 0.449 e.